The highest BCUT2D eigenvalue weighted by molar-refractivity contribution is 5.96. The van der Waals surface area contributed by atoms with Gasteiger partial charge in [-0.25, -0.2) is 5.43 Å². The largest absolute Gasteiger partial charge is 0.463 e. The Morgan fingerprint density at radius 3 is 2.88 bits per heavy atom. The number of hydrazone groups is 1. The Morgan fingerprint density at radius 1 is 1.41 bits per heavy atom. The average Bonchev–Trinajstić information content (AvgIpc) is 2.85. The van der Waals surface area contributed by atoms with Crippen LogP contribution in [-0.2, 0) is 4.79 Å². The number of rotatable bonds is 7. The van der Waals surface area contributed by atoms with Crippen LogP contribution in [0.2, 0.25) is 0 Å². The van der Waals surface area contributed by atoms with Crippen molar-refractivity contribution < 1.29 is 9.21 Å². The summed E-state index contributed by atoms with van der Waals surface area (Å²) in [6.45, 7) is 3.95. The van der Waals surface area contributed by atoms with E-state index in [0.29, 0.717) is 17.9 Å². The van der Waals surface area contributed by atoms with Gasteiger partial charge >= 0.3 is 0 Å². The molecule has 0 spiro atoms. The third-order valence-corrected chi connectivity index (χ3v) is 2.48. The molecule has 17 heavy (non-hydrogen) atoms. The van der Waals surface area contributed by atoms with Crippen LogP contribution in [0.5, 0.6) is 0 Å². The van der Waals surface area contributed by atoms with Gasteiger partial charge in [0, 0.05) is 6.42 Å². The maximum Gasteiger partial charge on any atom is 0.240 e. The van der Waals surface area contributed by atoms with Crippen LogP contribution in [-0.4, -0.2) is 11.6 Å². The van der Waals surface area contributed by atoms with Crippen LogP contribution in [0, 0.1) is 0 Å². The minimum absolute atomic E-state index is 0.0352. The molecule has 0 aliphatic heterocycles. The zero-order valence-electron chi connectivity index (χ0n) is 10.5. The molecule has 0 bridgehead atoms. The summed E-state index contributed by atoms with van der Waals surface area (Å²) < 4.78 is 5.16. The highest BCUT2D eigenvalue weighted by Gasteiger charge is 2.02. The van der Waals surface area contributed by atoms with E-state index < -0.39 is 0 Å². The first-order valence-corrected chi connectivity index (χ1v) is 6.11. The molecular formula is C13H20N2O2. The minimum atomic E-state index is -0.0352. The maximum absolute atomic E-state index is 11.4. The smallest absolute Gasteiger partial charge is 0.240 e. The van der Waals surface area contributed by atoms with Crippen molar-refractivity contribution in [2.45, 2.75) is 46.0 Å². The highest BCUT2D eigenvalue weighted by atomic mass is 16.3. The van der Waals surface area contributed by atoms with Crippen molar-refractivity contribution in [1.29, 1.82) is 0 Å². The first-order chi connectivity index (χ1) is 8.24. The van der Waals surface area contributed by atoms with E-state index in [-0.39, 0.29) is 5.91 Å². The number of carbonyl (C=O) groups excluding carboxylic acids is 1. The van der Waals surface area contributed by atoms with Gasteiger partial charge in [0.2, 0.25) is 5.91 Å². The Hall–Kier alpha value is -1.58. The van der Waals surface area contributed by atoms with Crippen LogP contribution < -0.4 is 5.43 Å². The van der Waals surface area contributed by atoms with Crippen LogP contribution in [0.1, 0.15) is 51.7 Å². The molecule has 0 saturated heterocycles. The number of nitrogens with zero attached hydrogens (tertiary/aromatic N) is 1. The highest BCUT2D eigenvalue weighted by Crippen LogP contribution is 2.03. The zero-order valence-corrected chi connectivity index (χ0v) is 10.5. The molecule has 1 aromatic heterocycles. The number of hydrogen-bond acceptors (Lipinski definition) is 3. The van der Waals surface area contributed by atoms with E-state index in [1.54, 1.807) is 19.3 Å². The van der Waals surface area contributed by atoms with E-state index in [1.165, 1.54) is 12.8 Å². The summed E-state index contributed by atoms with van der Waals surface area (Å²) in [5, 5.41) is 3.99. The number of amides is 1. The summed E-state index contributed by atoms with van der Waals surface area (Å²) >= 11 is 0. The van der Waals surface area contributed by atoms with Crippen molar-refractivity contribution >= 4 is 11.6 Å². The molecule has 0 fully saturated rings. The number of carbonyl (C=O) groups is 1. The summed E-state index contributed by atoms with van der Waals surface area (Å²) in [4.78, 5) is 11.4. The summed E-state index contributed by atoms with van der Waals surface area (Å²) in [5.74, 6) is 0.642. The predicted octanol–water partition coefficient (Wildman–Crippen LogP) is 3.09. The summed E-state index contributed by atoms with van der Waals surface area (Å²) in [6, 6.07) is 3.60. The lowest BCUT2D eigenvalue weighted by Gasteiger charge is -2.01. The molecule has 0 saturated carbocycles. The number of hydrogen-bond donors (Lipinski definition) is 1. The third-order valence-electron chi connectivity index (χ3n) is 2.48. The van der Waals surface area contributed by atoms with Crippen molar-refractivity contribution in [3.8, 4) is 0 Å². The molecule has 0 radical (unpaired) electrons. The lowest BCUT2D eigenvalue weighted by Crippen LogP contribution is -2.18. The Morgan fingerprint density at radius 2 is 2.24 bits per heavy atom. The van der Waals surface area contributed by atoms with E-state index in [9.17, 15) is 4.79 Å². The quantitative estimate of drug-likeness (QED) is 0.449. The lowest BCUT2D eigenvalue weighted by molar-refractivity contribution is -0.121. The molecule has 1 heterocycles. The maximum atomic E-state index is 11.4. The molecule has 1 amide bonds. The lowest BCUT2D eigenvalue weighted by atomic mass is 10.1. The fourth-order valence-electron chi connectivity index (χ4n) is 1.45. The summed E-state index contributed by atoms with van der Waals surface area (Å²) in [5.41, 5.74) is 3.21. The fraction of sp³-hybridized carbons (Fsp3) is 0.538. The van der Waals surface area contributed by atoms with Crippen LogP contribution in [0.15, 0.2) is 27.9 Å². The van der Waals surface area contributed by atoms with E-state index in [4.69, 9.17) is 4.42 Å². The standard InChI is InChI=1S/C13H20N2O2/c1-3-4-5-6-9-13(16)15-14-11(2)12-8-7-10-17-12/h7-8,10H,3-6,9H2,1-2H3,(H,15,16)/b14-11+. The fourth-order valence-corrected chi connectivity index (χ4v) is 1.45. The van der Waals surface area contributed by atoms with Gasteiger partial charge in [0.25, 0.3) is 0 Å². The second kappa shape index (κ2) is 7.65. The Labute approximate surface area is 102 Å². The van der Waals surface area contributed by atoms with E-state index in [1.807, 2.05) is 6.07 Å². The Balaban J connectivity index is 2.25. The van der Waals surface area contributed by atoms with Crippen LogP contribution in [0.3, 0.4) is 0 Å². The molecule has 4 heteroatoms. The number of furan rings is 1. The van der Waals surface area contributed by atoms with Gasteiger partial charge < -0.3 is 4.42 Å². The predicted molar refractivity (Wildman–Crippen MR) is 67.8 cm³/mol. The SMILES string of the molecule is CCCCCCC(=O)N/N=C(\C)c1ccco1. The topological polar surface area (TPSA) is 54.6 Å². The number of nitrogens with one attached hydrogen (secondary N) is 1. The molecule has 1 aromatic rings. The average molecular weight is 236 g/mol. The van der Waals surface area contributed by atoms with Crippen molar-refractivity contribution in [1.82, 2.24) is 5.43 Å². The Kier molecular flexibility index (Phi) is 6.07. The van der Waals surface area contributed by atoms with Crippen molar-refractivity contribution in [3.05, 3.63) is 24.2 Å². The van der Waals surface area contributed by atoms with Gasteiger partial charge in [-0.15, -0.1) is 0 Å². The second-order valence-corrected chi connectivity index (χ2v) is 4.02. The molecule has 0 aliphatic rings. The molecule has 0 atom stereocenters. The van der Waals surface area contributed by atoms with Crippen LogP contribution in [0.25, 0.3) is 0 Å². The summed E-state index contributed by atoms with van der Waals surface area (Å²) in [7, 11) is 0. The molecule has 94 valence electrons. The number of unbranched alkanes of at least 4 members (excludes halogenated alkanes) is 3. The van der Waals surface area contributed by atoms with Gasteiger partial charge in [-0.3, -0.25) is 4.79 Å². The molecule has 1 N–H and O–H groups in total. The van der Waals surface area contributed by atoms with E-state index in [2.05, 4.69) is 17.5 Å². The third kappa shape index (κ3) is 5.33. The van der Waals surface area contributed by atoms with E-state index >= 15 is 0 Å². The first kappa shape index (κ1) is 13.5. The Bertz CT molecular complexity index is 356. The van der Waals surface area contributed by atoms with Gasteiger partial charge in [-0.1, -0.05) is 26.2 Å². The molecule has 4 nitrogen and oxygen atoms in total. The molecule has 1 rings (SSSR count). The van der Waals surface area contributed by atoms with Gasteiger partial charge in [-0.05, 0) is 25.5 Å². The van der Waals surface area contributed by atoms with Gasteiger partial charge in [0.1, 0.15) is 11.5 Å². The molecule has 0 unspecified atom stereocenters. The first-order valence-electron chi connectivity index (χ1n) is 6.11. The minimum Gasteiger partial charge on any atom is -0.463 e. The van der Waals surface area contributed by atoms with Crippen LogP contribution in [0.4, 0.5) is 0 Å². The van der Waals surface area contributed by atoms with Crippen molar-refractivity contribution in [3.63, 3.8) is 0 Å². The van der Waals surface area contributed by atoms with Gasteiger partial charge in [0.15, 0.2) is 0 Å². The van der Waals surface area contributed by atoms with Crippen molar-refractivity contribution in [2.24, 2.45) is 5.10 Å². The zero-order chi connectivity index (χ0) is 12.5. The van der Waals surface area contributed by atoms with Crippen LogP contribution >= 0.6 is 0 Å². The van der Waals surface area contributed by atoms with Crippen molar-refractivity contribution in [2.75, 3.05) is 0 Å². The molecule has 0 aromatic carbocycles. The second-order valence-electron chi connectivity index (χ2n) is 4.02. The van der Waals surface area contributed by atoms with Gasteiger partial charge in [0.05, 0.1) is 6.26 Å². The monoisotopic (exact) mass is 236 g/mol. The molecule has 0 aliphatic carbocycles. The summed E-state index contributed by atoms with van der Waals surface area (Å²) in [6.07, 6.45) is 6.51. The molecular weight excluding hydrogens is 216 g/mol. The normalized spacial score (nSPS) is 11.5. The van der Waals surface area contributed by atoms with Gasteiger partial charge in [-0.2, -0.15) is 5.10 Å². The van der Waals surface area contributed by atoms with E-state index in [0.717, 1.165) is 12.8 Å².